The SMILES string of the molecule is Cc1csc(C(NC(C)C)C(N)=O)n1. The van der Waals surface area contributed by atoms with Crippen molar-refractivity contribution in [1.29, 1.82) is 0 Å². The van der Waals surface area contributed by atoms with Crippen molar-refractivity contribution in [3.05, 3.63) is 16.1 Å². The van der Waals surface area contributed by atoms with E-state index in [0.29, 0.717) is 0 Å². The van der Waals surface area contributed by atoms with E-state index in [1.807, 2.05) is 26.2 Å². The number of primary amides is 1. The molecule has 1 aromatic heterocycles. The third-order valence-electron chi connectivity index (χ3n) is 1.67. The summed E-state index contributed by atoms with van der Waals surface area (Å²) in [6.45, 7) is 5.83. The maximum Gasteiger partial charge on any atom is 0.241 e. The second-order valence-electron chi connectivity index (χ2n) is 3.48. The number of rotatable bonds is 4. The van der Waals surface area contributed by atoms with Gasteiger partial charge in [0, 0.05) is 17.1 Å². The molecular weight excluding hydrogens is 198 g/mol. The van der Waals surface area contributed by atoms with Gasteiger partial charge in [-0.25, -0.2) is 4.98 Å². The average Bonchev–Trinajstić information content (AvgIpc) is 2.46. The van der Waals surface area contributed by atoms with Crippen LogP contribution in [0, 0.1) is 6.92 Å². The molecule has 0 saturated carbocycles. The number of hydrogen-bond acceptors (Lipinski definition) is 4. The van der Waals surface area contributed by atoms with Gasteiger partial charge in [0.2, 0.25) is 5.91 Å². The normalized spacial score (nSPS) is 13.1. The number of amides is 1. The van der Waals surface area contributed by atoms with E-state index in [2.05, 4.69) is 10.3 Å². The predicted octanol–water partition coefficient (Wildman–Crippen LogP) is 0.976. The molecule has 0 fully saturated rings. The van der Waals surface area contributed by atoms with Gasteiger partial charge in [-0.15, -0.1) is 11.3 Å². The summed E-state index contributed by atoms with van der Waals surface area (Å²) in [5, 5.41) is 5.73. The van der Waals surface area contributed by atoms with Crippen molar-refractivity contribution < 1.29 is 4.79 Å². The van der Waals surface area contributed by atoms with Gasteiger partial charge in [0.25, 0.3) is 0 Å². The molecular formula is C9H15N3OS. The van der Waals surface area contributed by atoms with Gasteiger partial charge in [-0.1, -0.05) is 0 Å². The highest BCUT2D eigenvalue weighted by Crippen LogP contribution is 2.18. The van der Waals surface area contributed by atoms with Crippen molar-refractivity contribution in [1.82, 2.24) is 10.3 Å². The molecule has 3 N–H and O–H groups in total. The molecule has 0 aliphatic rings. The minimum Gasteiger partial charge on any atom is -0.368 e. The van der Waals surface area contributed by atoms with Gasteiger partial charge in [-0.2, -0.15) is 0 Å². The standard InChI is InChI=1S/C9H15N3OS/c1-5(2)11-7(8(10)13)9-12-6(3)4-14-9/h4-5,7,11H,1-3H3,(H2,10,13). The number of hydrogen-bond donors (Lipinski definition) is 2. The highest BCUT2D eigenvalue weighted by Gasteiger charge is 2.21. The van der Waals surface area contributed by atoms with Crippen LogP contribution in [-0.4, -0.2) is 16.9 Å². The number of aryl methyl sites for hydroxylation is 1. The van der Waals surface area contributed by atoms with Crippen molar-refractivity contribution in [3.63, 3.8) is 0 Å². The highest BCUT2D eigenvalue weighted by atomic mass is 32.1. The first-order chi connectivity index (χ1) is 6.50. The molecule has 0 saturated heterocycles. The van der Waals surface area contributed by atoms with Gasteiger partial charge in [0.15, 0.2) is 0 Å². The third kappa shape index (κ3) is 2.78. The molecule has 4 nitrogen and oxygen atoms in total. The largest absolute Gasteiger partial charge is 0.368 e. The number of carbonyl (C=O) groups is 1. The summed E-state index contributed by atoms with van der Waals surface area (Å²) in [5.41, 5.74) is 6.21. The van der Waals surface area contributed by atoms with E-state index in [-0.39, 0.29) is 11.9 Å². The van der Waals surface area contributed by atoms with Gasteiger partial charge in [0.05, 0.1) is 0 Å². The minimum absolute atomic E-state index is 0.205. The second kappa shape index (κ2) is 4.52. The van der Waals surface area contributed by atoms with Crippen molar-refractivity contribution in [2.75, 3.05) is 0 Å². The quantitative estimate of drug-likeness (QED) is 0.783. The molecule has 78 valence electrons. The van der Waals surface area contributed by atoms with Crippen LogP contribution in [0.5, 0.6) is 0 Å². The number of carbonyl (C=O) groups excluding carboxylic acids is 1. The number of thiazole rings is 1. The summed E-state index contributed by atoms with van der Waals surface area (Å²) in [6.07, 6.45) is 0. The van der Waals surface area contributed by atoms with Gasteiger partial charge in [-0.3, -0.25) is 10.1 Å². The molecule has 1 rings (SSSR count). The maximum atomic E-state index is 11.2. The lowest BCUT2D eigenvalue weighted by atomic mass is 10.2. The van der Waals surface area contributed by atoms with Crippen molar-refractivity contribution in [2.45, 2.75) is 32.9 Å². The van der Waals surface area contributed by atoms with E-state index in [0.717, 1.165) is 10.7 Å². The summed E-state index contributed by atoms with van der Waals surface area (Å²) >= 11 is 1.45. The lowest BCUT2D eigenvalue weighted by Crippen LogP contribution is -2.37. The lowest BCUT2D eigenvalue weighted by Gasteiger charge is -2.15. The van der Waals surface area contributed by atoms with Gasteiger partial charge < -0.3 is 5.73 Å². The fourth-order valence-electron chi connectivity index (χ4n) is 1.11. The van der Waals surface area contributed by atoms with Crippen LogP contribution in [0.15, 0.2) is 5.38 Å². The van der Waals surface area contributed by atoms with Gasteiger partial charge in [-0.05, 0) is 20.8 Å². The van der Waals surface area contributed by atoms with Crippen molar-refractivity contribution >= 4 is 17.2 Å². The number of nitrogens with zero attached hydrogens (tertiary/aromatic N) is 1. The minimum atomic E-state index is -0.464. The Bertz CT molecular complexity index is 322. The molecule has 0 aliphatic heterocycles. The van der Waals surface area contributed by atoms with Gasteiger partial charge in [0.1, 0.15) is 11.0 Å². The second-order valence-corrected chi connectivity index (χ2v) is 4.37. The first-order valence-corrected chi connectivity index (χ1v) is 5.36. The van der Waals surface area contributed by atoms with Crippen LogP contribution < -0.4 is 11.1 Å². The fourth-order valence-corrected chi connectivity index (χ4v) is 1.97. The Hall–Kier alpha value is -0.940. The zero-order valence-electron chi connectivity index (χ0n) is 8.57. The van der Waals surface area contributed by atoms with Crippen molar-refractivity contribution in [3.8, 4) is 0 Å². The van der Waals surface area contributed by atoms with Crippen LogP contribution in [-0.2, 0) is 4.79 Å². The molecule has 0 aliphatic carbocycles. The Labute approximate surface area is 87.5 Å². The van der Waals surface area contributed by atoms with Crippen LogP contribution in [0.2, 0.25) is 0 Å². The highest BCUT2D eigenvalue weighted by molar-refractivity contribution is 7.09. The maximum absolute atomic E-state index is 11.2. The summed E-state index contributed by atoms with van der Waals surface area (Å²) < 4.78 is 0. The van der Waals surface area contributed by atoms with E-state index in [1.54, 1.807) is 0 Å². The summed E-state index contributed by atoms with van der Waals surface area (Å²) in [5.74, 6) is -0.381. The lowest BCUT2D eigenvalue weighted by molar-refractivity contribution is -0.120. The summed E-state index contributed by atoms with van der Waals surface area (Å²) in [7, 11) is 0. The van der Waals surface area contributed by atoms with Crippen LogP contribution in [0.25, 0.3) is 0 Å². The molecule has 0 aromatic carbocycles. The zero-order chi connectivity index (χ0) is 10.7. The van der Waals surface area contributed by atoms with E-state index >= 15 is 0 Å². The van der Waals surface area contributed by atoms with E-state index < -0.39 is 6.04 Å². The molecule has 0 bridgehead atoms. The first-order valence-electron chi connectivity index (χ1n) is 4.48. The van der Waals surface area contributed by atoms with Crippen molar-refractivity contribution in [2.24, 2.45) is 5.73 Å². The molecule has 0 radical (unpaired) electrons. The van der Waals surface area contributed by atoms with Crippen LogP contribution in [0.4, 0.5) is 0 Å². The smallest absolute Gasteiger partial charge is 0.241 e. The summed E-state index contributed by atoms with van der Waals surface area (Å²) in [6, 6.07) is -0.259. The fraction of sp³-hybridized carbons (Fsp3) is 0.556. The Kier molecular flexibility index (Phi) is 3.60. The topological polar surface area (TPSA) is 68.0 Å². The number of nitrogens with two attached hydrogens (primary N) is 1. The molecule has 1 amide bonds. The molecule has 1 atom stereocenters. The zero-order valence-corrected chi connectivity index (χ0v) is 9.39. The number of nitrogens with one attached hydrogen (secondary N) is 1. The Balaban J connectivity index is 2.83. The average molecular weight is 213 g/mol. The molecule has 14 heavy (non-hydrogen) atoms. The number of aromatic nitrogens is 1. The van der Waals surface area contributed by atoms with Crippen LogP contribution >= 0.6 is 11.3 Å². The van der Waals surface area contributed by atoms with E-state index in [9.17, 15) is 4.79 Å². The molecule has 0 spiro atoms. The summed E-state index contributed by atoms with van der Waals surface area (Å²) in [4.78, 5) is 15.4. The monoisotopic (exact) mass is 213 g/mol. The Morgan fingerprint density at radius 1 is 1.64 bits per heavy atom. The van der Waals surface area contributed by atoms with Gasteiger partial charge >= 0.3 is 0 Å². The van der Waals surface area contributed by atoms with E-state index in [4.69, 9.17) is 5.73 Å². The van der Waals surface area contributed by atoms with Crippen LogP contribution in [0.3, 0.4) is 0 Å². The van der Waals surface area contributed by atoms with E-state index in [1.165, 1.54) is 11.3 Å². The first kappa shape index (κ1) is 11.1. The van der Waals surface area contributed by atoms with Crippen LogP contribution in [0.1, 0.15) is 30.6 Å². The predicted molar refractivity (Wildman–Crippen MR) is 57.1 cm³/mol. The molecule has 1 heterocycles. The molecule has 5 heteroatoms. The third-order valence-corrected chi connectivity index (χ3v) is 2.70. The Morgan fingerprint density at radius 3 is 2.64 bits per heavy atom. The Morgan fingerprint density at radius 2 is 2.29 bits per heavy atom. The molecule has 1 aromatic rings. The molecule has 1 unspecified atom stereocenters.